The predicted molar refractivity (Wildman–Crippen MR) is 82.5 cm³/mol. The van der Waals surface area contributed by atoms with Crippen LogP contribution in [0.4, 0.5) is 4.39 Å². The van der Waals surface area contributed by atoms with Gasteiger partial charge in [-0.1, -0.05) is 48.0 Å². The molecule has 2 aromatic carbocycles. The molecule has 2 aromatic rings. The second-order valence-electron chi connectivity index (χ2n) is 5.29. The Labute approximate surface area is 127 Å². The van der Waals surface area contributed by atoms with Crippen LogP contribution in [0.1, 0.15) is 35.3 Å². The summed E-state index contributed by atoms with van der Waals surface area (Å²) in [4.78, 5) is 12.4. The largest absolute Gasteiger partial charge is 0.289 e. The zero-order valence-corrected chi connectivity index (χ0v) is 13.1. The molecule has 0 spiro atoms. The monoisotopic (exact) mass is 334 g/mol. The van der Waals surface area contributed by atoms with Gasteiger partial charge in [0.15, 0.2) is 5.78 Å². The summed E-state index contributed by atoms with van der Waals surface area (Å²) in [7, 11) is 0. The summed E-state index contributed by atoms with van der Waals surface area (Å²) in [6.45, 7) is 4.27. The van der Waals surface area contributed by atoms with Crippen LogP contribution in [0.5, 0.6) is 0 Å². The third-order valence-electron chi connectivity index (χ3n) is 2.96. The first-order valence-corrected chi connectivity index (χ1v) is 7.35. The Kier molecular flexibility index (Phi) is 4.71. The summed E-state index contributed by atoms with van der Waals surface area (Å²) in [6, 6.07) is 11.8. The molecule has 0 aliphatic rings. The normalized spacial score (nSPS) is 10.8. The van der Waals surface area contributed by atoms with Crippen molar-refractivity contribution in [2.45, 2.75) is 20.3 Å². The molecule has 0 aliphatic carbocycles. The van der Waals surface area contributed by atoms with E-state index < -0.39 is 5.82 Å². The minimum absolute atomic E-state index is 0.157. The number of rotatable bonds is 4. The smallest absolute Gasteiger partial charge is 0.193 e. The van der Waals surface area contributed by atoms with Gasteiger partial charge in [0.05, 0.1) is 0 Å². The molecule has 2 rings (SSSR count). The van der Waals surface area contributed by atoms with E-state index in [1.807, 2.05) is 18.2 Å². The van der Waals surface area contributed by atoms with Crippen molar-refractivity contribution >= 4 is 21.7 Å². The molecule has 0 bridgehead atoms. The summed E-state index contributed by atoms with van der Waals surface area (Å²) in [5.74, 6) is -0.0412. The molecular weight excluding hydrogens is 319 g/mol. The number of hydrogen-bond acceptors (Lipinski definition) is 1. The van der Waals surface area contributed by atoms with E-state index in [1.165, 1.54) is 12.1 Å². The molecule has 104 valence electrons. The van der Waals surface area contributed by atoms with Crippen LogP contribution in [0.2, 0.25) is 0 Å². The second-order valence-corrected chi connectivity index (χ2v) is 6.20. The molecule has 0 saturated heterocycles. The highest BCUT2D eigenvalue weighted by atomic mass is 79.9. The minimum atomic E-state index is -0.416. The predicted octanol–water partition coefficient (Wildman–Crippen LogP) is 5.02. The van der Waals surface area contributed by atoms with Gasteiger partial charge >= 0.3 is 0 Å². The van der Waals surface area contributed by atoms with E-state index in [0.29, 0.717) is 21.5 Å². The molecule has 0 aliphatic heterocycles. The van der Waals surface area contributed by atoms with Gasteiger partial charge in [0, 0.05) is 15.6 Å². The molecule has 0 amide bonds. The fraction of sp³-hybridized carbons (Fsp3) is 0.235. The van der Waals surface area contributed by atoms with Crippen LogP contribution in [0, 0.1) is 11.7 Å². The van der Waals surface area contributed by atoms with Crippen molar-refractivity contribution in [2.75, 3.05) is 0 Å². The molecular formula is C17H16BrFO. The SMILES string of the molecule is CC(C)Cc1cccc(C(=O)c2cc(F)cc(Br)c2)c1. The van der Waals surface area contributed by atoms with E-state index in [2.05, 4.69) is 29.8 Å². The lowest BCUT2D eigenvalue weighted by Gasteiger charge is -2.07. The molecule has 0 N–H and O–H groups in total. The topological polar surface area (TPSA) is 17.1 Å². The van der Waals surface area contributed by atoms with E-state index in [9.17, 15) is 9.18 Å². The third-order valence-corrected chi connectivity index (χ3v) is 3.42. The average molecular weight is 335 g/mol. The van der Waals surface area contributed by atoms with Gasteiger partial charge in [0.25, 0.3) is 0 Å². The zero-order valence-electron chi connectivity index (χ0n) is 11.5. The molecule has 20 heavy (non-hydrogen) atoms. The van der Waals surface area contributed by atoms with E-state index in [4.69, 9.17) is 0 Å². The molecule has 0 unspecified atom stereocenters. The zero-order chi connectivity index (χ0) is 14.7. The Hall–Kier alpha value is -1.48. The minimum Gasteiger partial charge on any atom is -0.289 e. The van der Waals surface area contributed by atoms with Gasteiger partial charge in [-0.3, -0.25) is 4.79 Å². The number of ketones is 1. The van der Waals surface area contributed by atoms with E-state index in [0.717, 1.165) is 12.0 Å². The van der Waals surface area contributed by atoms with Gasteiger partial charge in [0.1, 0.15) is 5.82 Å². The van der Waals surface area contributed by atoms with Gasteiger partial charge in [0.2, 0.25) is 0 Å². The highest BCUT2D eigenvalue weighted by Gasteiger charge is 2.12. The highest BCUT2D eigenvalue weighted by molar-refractivity contribution is 9.10. The molecule has 0 heterocycles. The number of carbonyl (C=O) groups excluding carboxylic acids is 1. The fourth-order valence-corrected chi connectivity index (χ4v) is 2.63. The molecule has 0 radical (unpaired) electrons. The maximum Gasteiger partial charge on any atom is 0.193 e. The Morgan fingerprint density at radius 3 is 2.55 bits per heavy atom. The van der Waals surface area contributed by atoms with Gasteiger partial charge < -0.3 is 0 Å². The summed E-state index contributed by atoms with van der Waals surface area (Å²) in [5.41, 5.74) is 2.08. The van der Waals surface area contributed by atoms with Crippen LogP contribution in [-0.4, -0.2) is 5.78 Å². The summed E-state index contributed by atoms with van der Waals surface area (Å²) in [6.07, 6.45) is 0.925. The van der Waals surface area contributed by atoms with Crippen LogP contribution in [0.3, 0.4) is 0 Å². The lowest BCUT2D eigenvalue weighted by Crippen LogP contribution is -2.03. The van der Waals surface area contributed by atoms with Crippen molar-refractivity contribution in [2.24, 2.45) is 5.92 Å². The number of benzene rings is 2. The molecule has 1 nitrogen and oxygen atoms in total. The Morgan fingerprint density at radius 1 is 1.15 bits per heavy atom. The van der Waals surface area contributed by atoms with Crippen molar-refractivity contribution in [1.29, 1.82) is 0 Å². The molecule has 0 atom stereocenters. The van der Waals surface area contributed by atoms with Crippen LogP contribution in [-0.2, 0) is 6.42 Å². The molecule has 0 aromatic heterocycles. The summed E-state index contributed by atoms with van der Waals surface area (Å²) in [5, 5.41) is 0. The standard InChI is InChI=1S/C17H16BrFO/c1-11(2)6-12-4-3-5-13(7-12)17(20)14-8-15(18)10-16(19)9-14/h3-5,7-11H,6H2,1-2H3. The maximum atomic E-state index is 13.4. The lowest BCUT2D eigenvalue weighted by atomic mass is 9.97. The van der Waals surface area contributed by atoms with Crippen LogP contribution < -0.4 is 0 Å². The number of carbonyl (C=O) groups is 1. The van der Waals surface area contributed by atoms with Gasteiger partial charge in [-0.05, 0) is 42.2 Å². The molecule has 3 heteroatoms. The van der Waals surface area contributed by atoms with Gasteiger partial charge in [-0.15, -0.1) is 0 Å². The number of halogens is 2. The summed E-state index contributed by atoms with van der Waals surface area (Å²) >= 11 is 3.21. The lowest BCUT2D eigenvalue weighted by molar-refractivity contribution is 0.103. The first kappa shape index (κ1) is 14.9. The van der Waals surface area contributed by atoms with Crippen LogP contribution >= 0.6 is 15.9 Å². The third kappa shape index (κ3) is 3.76. The quantitative estimate of drug-likeness (QED) is 0.717. The van der Waals surface area contributed by atoms with Crippen molar-refractivity contribution in [3.8, 4) is 0 Å². The summed E-state index contributed by atoms with van der Waals surface area (Å²) < 4.78 is 13.9. The van der Waals surface area contributed by atoms with Gasteiger partial charge in [-0.2, -0.15) is 0 Å². The molecule has 0 saturated carbocycles. The second kappa shape index (κ2) is 6.31. The number of hydrogen-bond donors (Lipinski definition) is 0. The average Bonchev–Trinajstić information content (AvgIpc) is 2.36. The maximum absolute atomic E-state index is 13.4. The fourth-order valence-electron chi connectivity index (χ4n) is 2.16. The van der Waals surface area contributed by atoms with Crippen LogP contribution in [0.25, 0.3) is 0 Å². The van der Waals surface area contributed by atoms with E-state index in [1.54, 1.807) is 12.1 Å². The first-order valence-electron chi connectivity index (χ1n) is 6.55. The van der Waals surface area contributed by atoms with Crippen molar-refractivity contribution in [3.63, 3.8) is 0 Å². The van der Waals surface area contributed by atoms with Crippen molar-refractivity contribution in [1.82, 2.24) is 0 Å². The van der Waals surface area contributed by atoms with E-state index in [-0.39, 0.29) is 5.78 Å². The highest BCUT2D eigenvalue weighted by Crippen LogP contribution is 2.19. The Bertz CT molecular complexity index is 614. The van der Waals surface area contributed by atoms with E-state index >= 15 is 0 Å². The molecule has 0 fully saturated rings. The van der Waals surface area contributed by atoms with Crippen LogP contribution in [0.15, 0.2) is 46.9 Å². The van der Waals surface area contributed by atoms with Crippen molar-refractivity contribution in [3.05, 3.63) is 69.4 Å². The van der Waals surface area contributed by atoms with Crippen molar-refractivity contribution < 1.29 is 9.18 Å². The first-order chi connectivity index (χ1) is 9.45. The van der Waals surface area contributed by atoms with Gasteiger partial charge in [-0.25, -0.2) is 4.39 Å². The Balaban J connectivity index is 2.33. The Morgan fingerprint density at radius 2 is 1.90 bits per heavy atom.